The summed E-state index contributed by atoms with van der Waals surface area (Å²) in [5, 5.41) is 26.1. The molecule has 6 unspecified atom stereocenters. The topological polar surface area (TPSA) is 71.0 Å². The Morgan fingerprint density at radius 2 is 2.03 bits per heavy atom. The second-order valence-corrected chi connectivity index (χ2v) is 13.6. The molecule has 186 valence electrons. The van der Waals surface area contributed by atoms with Gasteiger partial charge in [0.2, 0.25) is 0 Å². The van der Waals surface area contributed by atoms with Gasteiger partial charge in [-0.3, -0.25) is 0 Å². The van der Waals surface area contributed by atoms with Crippen molar-refractivity contribution in [2.24, 2.45) is 22.7 Å². The molecule has 8 rings (SSSR count). The fourth-order valence-electron chi connectivity index (χ4n) is 9.11. The third kappa shape index (κ3) is 2.62. The first-order valence-electron chi connectivity index (χ1n) is 13.8. The molecule has 0 radical (unpaired) electrons. The summed E-state index contributed by atoms with van der Waals surface area (Å²) >= 11 is 0. The lowest BCUT2D eigenvalue weighted by Gasteiger charge is -2.73. The molecule has 0 aromatic heterocycles. The second kappa shape index (κ2) is 6.92. The molecule has 34 heavy (non-hydrogen) atoms. The van der Waals surface area contributed by atoms with Gasteiger partial charge in [0.15, 0.2) is 11.5 Å². The van der Waals surface area contributed by atoms with Gasteiger partial charge in [-0.15, -0.1) is 0 Å². The van der Waals surface area contributed by atoms with Crippen molar-refractivity contribution in [2.45, 2.75) is 108 Å². The molecule has 7 atom stereocenters. The number of nitrogens with one attached hydrogen (secondary N) is 1. The Bertz CT molecular complexity index is 1010. The molecule has 5 nitrogen and oxygen atoms in total. The van der Waals surface area contributed by atoms with E-state index < -0.39 is 5.60 Å². The fourth-order valence-corrected chi connectivity index (χ4v) is 9.11. The summed E-state index contributed by atoms with van der Waals surface area (Å²) in [6, 6.07) is 4.40. The molecule has 1 aromatic carbocycles. The Hall–Kier alpha value is -1.30. The molecule has 3 N–H and O–H groups in total. The minimum absolute atomic E-state index is 0.0779. The zero-order valence-corrected chi connectivity index (χ0v) is 21.0. The van der Waals surface area contributed by atoms with Gasteiger partial charge in [0, 0.05) is 29.0 Å². The lowest BCUT2D eigenvalue weighted by atomic mass is 9.34. The molecule has 5 aliphatic carbocycles. The van der Waals surface area contributed by atoms with Crippen LogP contribution in [-0.2, 0) is 16.6 Å². The van der Waals surface area contributed by atoms with Crippen molar-refractivity contribution in [3.8, 4) is 11.5 Å². The van der Waals surface area contributed by atoms with Gasteiger partial charge in [0.1, 0.15) is 11.7 Å². The van der Waals surface area contributed by atoms with E-state index in [2.05, 4.69) is 32.2 Å². The van der Waals surface area contributed by atoms with Crippen LogP contribution < -0.4 is 10.1 Å². The molecule has 2 heterocycles. The number of aliphatic hydroxyl groups is 1. The third-order valence-corrected chi connectivity index (χ3v) is 11.1. The van der Waals surface area contributed by atoms with Crippen LogP contribution in [0.5, 0.6) is 11.5 Å². The molecular weight excluding hydrogens is 426 g/mol. The quantitative estimate of drug-likeness (QED) is 0.576. The van der Waals surface area contributed by atoms with Crippen LogP contribution in [0.3, 0.4) is 0 Å². The summed E-state index contributed by atoms with van der Waals surface area (Å²) in [6.45, 7) is 8.20. The van der Waals surface area contributed by atoms with E-state index in [1.165, 1.54) is 24.0 Å². The van der Waals surface area contributed by atoms with E-state index >= 15 is 0 Å². The number of benzene rings is 1. The Morgan fingerprint density at radius 3 is 2.79 bits per heavy atom. The lowest BCUT2D eigenvalue weighted by Crippen LogP contribution is -2.81. The van der Waals surface area contributed by atoms with Gasteiger partial charge in [-0.25, -0.2) is 0 Å². The van der Waals surface area contributed by atoms with Crippen LogP contribution in [0.25, 0.3) is 0 Å². The van der Waals surface area contributed by atoms with Gasteiger partial charge >= 0.3 is 0 Å². The lowest BCUT2D eigenvalue weighted by molar-refractivity contribution is -0.277. The van der Waals surface area contributed by atoms with Crippen molar-refractivity contribution in [1.29, 1.82) is 0 Å². The van der Waals surface area contributed by atoms with E-state index in [1.54, 1.807) is 0 Å². The van der Waals surface area contributed by atoms with Crippen LogP contribution in [-0.4, -0.2) is 47.2 Å². The molecule has 5 fully saturated rings. The number of ether oxygens (including phenoxy) is 2. The number of rotatable bonds is 6. The summed E-state index contributed by atoms with van der Waals surface area (Å²) in [5.41, 5.74) is 2.11. The van der Waals surface area contributed by atoms with Crippen LogP contribution >= 0.6 is 0 Å². The van der Waals surface area contributed by atoms with Crippen LogP contribution in [0, 0.1) is 22.7 Å². The van der Waals surface area contributed by atoms with Gasteiger partial charge in [0.25, 0.3) is 0 Å². The van der Waals surface area contributed by atoms with Crippen LogP contribution in [0.4, 0.5) is 0 Å². The predicted octanol–water partition coefficient (Wildman–Crippen LogP) is 4.46. The van der Waals surface area contributed by atoms with Crippen molar-refractivity contribution in [3.05, 3.63) is 23.3 Å². The van der Waals surface area contributed by atoms with Gasteiger partial charge in [-0.2, -0.15) is 0 Å². The Morgan fingerprint density at radius 1 is 1.21 bits per heavy atom. The summed E-state index contributed by atoms with van der Waals surface area (Å²) < 4.78 is 14.0. The Kier molecular flexibility index (Phi) is 4.47. The number of fused-ring (bicyclic) bond motifs is 2. The third-order valence-electron chi connectivity index (χ3n) is 11.1. The molecule has 4 bridgehead atoms. The van der Waals surface area contributed by atoms with Crippen LogP contribution in [0.15, 0.2) is 12.1 Å². The number of aromatic hydroxyl groups is 1. The maximum absolute atomic E-state index is 11.3. The Labute approximate surface area is 203 Å². The van der Waals surface area contributed by atoms with Crippen molar-refractivity contribution in [1.82, 2.24) is 5.32 Å². The first-order valence-corrected chi connectivity index (χ1v) is 13.8. The maximum Gasteiger partial charge on any atom is 0.165 e. The molecule has 2 aliphatic heterocycles. The highest BCUT2D eigenvalue weighted by molar-refractivity contribution is 5.63. The van der Waals surface area contributed by atoms with Crippen molar-refractivity contribution in [3.63, 3.8) is 0 Å². The first kappa shape index (κ1) is 21.9. The highest BCUT2D eigenvalue weighted by atomic mass is 16.6. The summed E-state index contributed by atoms with van der Waals surface area (Å²) in [5.74, 6) is 2.11. The van der Waals surface area contributed by atoms with E-state index in [1.807, 2.05) is 6.07 Å². The number of phenols is 1. The molecule has 2 spiro atoms. The summed E-state index contributed by atoms with van der Waals surface area (Å²) in [7, 11) is 0. The zero-order valence-electron chi connectivity index (χ0n) is 21.0. The maximum atomic E-state index is 11.3. The smallest absolute Gasteiger partial charge is 0.165 e. The Balaban J connectivity index is 1.37. The van der Waals surface area contributed by atoms with Gasteiger partial charge in [-0.05, 0) is 80.4 Å². The van der Waals surface area contributed by atoms with E-state index in [0.717, 1.165) is 69.8 Å². The first-order chi connectivity index (χ1) is 16.2. The number of aliphatic hydroxyl groups excluding tert-OH is 1. The average Bonchev–Trinajstić information content (AvgIpc) is 3.53. The monoisotopic (exact) mass is 467 g/mol. The van der Waals surface area contributed by atoms with Crippen molar-refractivity contribution < 1.29 is 19.7 Å². The molecule has 4 saturated carbocycles. The number of hydrogen-bond acceptors (Lipinski definition) is 5. The molecule has 5 heteroatoms. The number of hydrogen-bond donors (Lipinski definition) is 3. The van der Waals surface area contributed by atoms with E-state index in [9.17, 15) is 10.2 Å². The molecule has 7 aliphatic rings. The fraction of sp³-hybridized carbons (Fsp3) is 0.793. The minimum Gasteiger partial charge on any atom is -0.504 e. The van der Waals surface area contributed by atoms with Gasteiger partial charge in [-0.1, -0.05) is 39.7 Å². The highest BCUT2D eigenvalue weighted by Gasteiger charge is 2.80. The summed E-state index contributed by atoms with van der Waals surface area (Å²) in [4.78, 5) is 0. The predicted molar refractivity (Wildman–Crippen MR) is 130 cm³/mol. The normalized spacial score (nSPS) is 42.3. The van der Waals surface area contributed by atoms with E-state index in [-0.39, 0.29) is 40.1 Å². The van der Waals surface area contributed by atoms with Crippen molar-refractivity contribution in [2.75, 3.05) is 13.2 Å². The molecule has 1 aromatic rings. The largest absolute Gasteiger partial charge is 0.504 e. The molecule has 0 amide bonds. The number of phenolic OH excluding ortho intramolecular Hbond substituents is 1. The average molecular weight is 468 g/mol. The molecular formula is C29H41NO4. The molecule has 1 saturated heterocycles. The van der Waals surface area contributed by atoms with Gasteiger partial charge < -0.3 is 25.0 Å². The standard InChI is InChI=1S/C29H41NO4/c1-26(2,3)22(32)15-19-16-27-9-10-29(19,33-13-8-17-4-5-17)25-28(27)11-12-30-21(27)14-18-6-7-20(31)24(34-25)23(18)28/h6-7,17,19,21-22,25,30-32H,4-5,8-16H2,1-3H3/t19?,21?,22?,25?,27?,28-,29?/m0/s1. The highest BCUT2D eigenvalue weighted by Crippen LogP contribution is 2.76. The van der Waals surface area contributed by atoms with Gasteiger partial charge in [0.05, 0.1) is 6.10 Å². The van der Waals surface area contributed by atoms with Crippen LogP contribution in [0.2, 0.25) is 0 Å². The van der Waals surface area contributed by atoms with Crippen LogP contribution in [0.1, 0.15) is 83.3 Å². The van der Waals surface area contributed by atoms with E-state index in [4.69, 9.17) is 9.47 Å². The van der Waals surface area contributed by atoms with Crippen molar-refractivity contribution >= 4 is 0 Å². The summed E-state index contributed by atoms with van der Waals surface area (Å²) in [6.07, 6.45) is 9.37. The second-order valence-electron chi connectivity index (χ2n) is 13.6. The minimum atomic E-state index is -0.398. The SMILES string of the molecule is CC(C)(C)C(O)CC1CC23CCC1(OCCC1CC1)C1Oc4c(O)ccc5c4[C@@]12CCNC3C5. The zero-order chi connectivity index (χ0) is 23.5. The van der Waals surface area contributed by atoms with E-state index in [0.29, 0.717) is 6.04 Å². The number of piperidine rings is 1.